The van der Waals surface area contributed by atoms with E-state index in [1.807, 2.05) is 0 Å². The molecule has 5 nitrogen and oxygen atoms in total. The van der Waals surface area contributed by atoms with Crippen LogP contribution in [-0.2, 0) is 0 Å². The molecule has 0 aliphatic carbocycles. The molecular weight excluding hydrogens is 357 g/mol. The molecule has 1 aromatic carbocycles. The summed E-state index contributed by atoms with van der Waals surface area (Å²) in [5.41, 5.74) is 0.116. The molecule has 0 saturated heterocycles. The van der Waals surface area contributed by atoms with E-state index < -0.39 is 31.1 Å². The van der Waals surface area contributed by atoms with Crippen LogP contribution in [-0.4, -0.2) is 41.8 Å². The number of carbonyl (C=O) groups is 2. The van der Waals surface area contributed by atoms with Crippen LogP contribution in [0.3, 0.4) is 0 Å². The van der Waals surface area contributed by atoms with Crippen molar-refractivity contribution in [2.24, 2.45) is 0 Å². The Morgan fingerprint density at radius 1 is 1.38 bits per heavy atom. The van der Waals surface area contributed by atoms with Gasteiger partial charge in [-0.25, -0.2) is 9.59 Å². The van der Waals surface area contributed by atoms with Gasteiger partial charge < -0.3 is 15.3 Å². The molecule has 0 aliphatic rings. The van der Waals surface area contributed by atoms with Crippen LogP contribution in [0.2, 0.25) is 0 Å². The van der Waals surface area contributed by atoms with E-state index in [0.717, 1.165) is 4.90 Å². The molecule has 2 amide bonds. The van der Waals surface area contributed by atoms with Gasteiger partial charge in [0, 0.05) is 18.1 Å². The largest absolute Gasteiger partial charge is 0.478 e. The molecule has 1 rings (SSSR count). The first-order chi connectivity index (χ1) is 9.60. The minimum atomic E-state index is -4.35. The van der Waals surface area contributed by atoms with Crippen molar-refractivity contribution in [1.82, 2.24) is 4.90 Å². The van der Waals surface area contributed by atoms with E-state index in [1.165, 1.54) is 25.2 Å². The number of carbonyl (C=O) groups excluding carboxylic acids is 1. The average molecular weight is 369 g/mol. The highest BCUT2D eigenvalue weighted by Gasteiger charge is 2.28. The molecule has 1 aromatic rings. The minimum Gasteiger partial charge on any atom is -0.478 e. The van der Waals surface area contributed by atoms with Gasteiger partial charge in [0.15, 0.2) is 0 Å². The van der Waals surface area contributed by atoms with E-state index in [9.17, 15) is 22.8 Å². The third-order valence-electron chi connectivity index (χ3n) is 2.53. The maximum atomic E-state index is 12.1. The van der Waals surface area contributed by atoms with E-state index in [1.54, 1.807) is 0 Å². The van der Waals surface area contributed by atoms with Crippen LogP contribution >= 0.6 is 15.9 Å². The SMILES string of the molecule is CN(CCC(F)(F)F)C(=O)Nc1cc(C(=O)O)ccc1Br. The number of carboxylic acid groups (broad SMARTS) is 1. The number of benzene rings is 1. The number of nitrogens with zero attached hydrogens (tertiary/aromatic N) is 1. The summed E-state index contributed by atoms with van der Waals surface area (Å²) in [4.78, 5) is 23.4. The first-order valence-corrected chi connectivity index (χ1v) is 6.51. The number of hydrogen-bond acceptors (Lipinski definition) is 2. The Bertz CT molecular complexity index is 549. The second-order valence-electron chi connectivity index (χ2n) is 4.22. The van der Waals surface area contributed by atoms with E-state index in [-0.39, 0.29) is 11.3 Å². The molecule has 0 spiro atoms. The molecule has 0 radical (unpaired) electrons. The van der Waals surface area contributed by atoms with Crippen molar-refractivity contribution in [2.75, 3.05) is 18.9 Å². The first kappa shape index (κ1) is 17.3. The Morgan fingerprint density at radius 3 is 2.52 bits per heavy atom. The number of nitrogens with one attached hydrogen (secondary N) is 1. The number of carboxylic acids is 1. The average Bonchev–Trinajstić information content (AvgIpc) is 2.37. The number of rotatable bonds is 4. The van der Waals surface area contributed by atoms with Crippen molar-refractivity contribution in [2.45, 2.75) is 12.6 Å². The van der Waals surface area contributed by atoms with Gasteiger partial charge in [0.1, 0.15) is 0 Å². The zero-order chi connectivity index (χ0) is 16.2. The summed E-state index contributed by atoms with van der Waals surface area (Å²) in [6.45, 7) is -0.494. The van der Waals surface area contributed by atoms with E-state index >= 15 is 0 Å². The van der Waals surface area contributed by atoms with Crippen LogP contribution in [0.4, 0.5) is 23.7 Å². The molecule has 0 aliphatic heterocycles. The molecule has 0 unspecified atom stereocenters. The minimum absolute atomic E-state index is 0.0496. The normalized spacial score (nSPS) is 11.1. The lowest BCUT2D eigenvalue weighted by atomic mass is 10.2. The van der Waals surface area contributed by atoms with Gasteiger partial charge in [0.2, 0.25) is 0 Å². The molecule has 0 bridgehead atoms. The maximum Gasteiger partial charge on any atom is 0.390 e. The topological polar surface area (TPSA) is 69.6 Å². The van der Waals surface area contributed by atoms with E-state index in [2.05, 4.69) is 21.2 Å². The summed E-state index contributed by atoms with van der Waals surface area (Å²) >= 11 is 3.12. The summed E-state index contributed by atoms with van der Waals surface area (Å²) in [5, 5.41) is 11.2. The van der Waals surface area contributed by atoms with Gasteiger partial charge in [-0.3, -0.25) is 0 Å². The van der Waals surface area contributed by atoms with Crippen LogP contribution in [0.1, 0.15) is 16.8 Å². The first-order valence-electron chi connectivity index (χ1n) is 5.72. The van der Waals surface area contributed by atoms with Crippen molar-refractivity contribution in [1.29, 1.82) is 0 Å². The highest BCUT2D eigenvalue weighted by atomic mass is 79.9. The molecule has 0 fully saturated rings. The Hall–Kier alpha value is -1.77. The maximum absolute atomic E-state index is 12.1. The van der Waals surface area contributed by atoms with Gasteiger partial charge in [-0.2, -0.15) is 13.2 Å². The van der Waals surface area contributed by atoms with Crippen molar-refractivity contribution < 1.29 is 27.9 Å². The number of urea groups is 1. The van der Waals surface area contributed by atoms with Crippen LogP contribution in [0.5, 0.6) is 0 Å². The molecule has 21 heavy (non-hydrogen) atoms. The zero-order valence-electron chi connectivity index (χ0n) is 10.9. The standard InChI is InChI=1S/C12H12BrF3N2O3/c1-18(5-4-12(14,15)16)11(21)17-9-6-7(10(19)20)2-3-8(9)13/h2-3,6H,4-5H2,1H3,(H,17,21)(H,19,20). The molecule has 116 valence electrons. The Labute approximate surface area is 126 Å². The summed E-state index contributed by atoms with van der Waals surface area (Å²) < 4.78 is 36.7. The summed E-state index contributed by atoms with van der Waals surface area (Å²) in [6, 6.07) is 3.20. The number of alkyl halides is 3. The quantitative estimate of drug-likeness (QED) is 0.853. The Morgan fingerprint density at radius 2 is 2.00 bits per heavy atom. The lowest BCUT2D eigenvalue weighted by Gasteiger charge is -2.19. The molecule has 0 heterocycles. The summed E-state index contributed by atoms with van der Waals surface area (Å²) in [6.07, 6.45) is -5.47. The fraction of sp³-hybridized carbons (Fsp3) is 0.333. The van der Waals surface area contributed by atoms with Crippen LogP contribution in [0.25, 0.3) is 0 Å². The fourth-order valence-electron chi connectivity index (χ4n) is 1.36. The summed E-state index contributed by atoms with van der Waals surface area (Å²) in [5.74, 6) is -1.18. The fourth-order valence-corrected chi connectivity index (χ4v) is 1.71. The lowest BCUT2D eigenvalue weighted by molar-refractivity contribution is -0.135. The molecule has 0 aromatic heterocycles. The molecule has 0 saturated carbocycles. The predicted octanol–water partition coefficient (Wildman–Crippen LogP) is 3.56. The van der Waals surface area contributed by atoms with E-state index in [4.69, 9.17) is 5.11 Å². The Balaban J connectivity index is 2.74. The van der Waals surface area contributed by atoms with Gasteiger partial charge in [0.05, 0.1) is 17.7 Å². The number of aromatic carboxylic acids is 1. The van der Waals surface area contributed by atoms with Gasteiger partial charge >= 0.3 is 18.2 Å². The Kier molecular flexibility index (Phi) is 5.59. The number of halogens is 4. The smallest absolute Gasteiger partial charge is 0.390 e. The molecule has 9 heteroatoms. The van der Waals surface area contributed by atoms with Crippen LogP contribution in [0, 0.1) is 0 Å². The summed E-state index contributed by atoms with van der Waals surface area (Å²) in [7, 11) is 1.22. The van der Waals surface area contributed by atoms with Gasteiger partial charge in [-0.15, -0.1) is 0 Å². The van der Waals surface area contributed by atoms with Gasteiger partial charge in [-0.1, -0.05) is 0 Å². The highest BCUT2D eigenvalue weighted by molar-refractivity contribution is 9.10. The number of hydrogen-bond donors (Lipinski definition) is 2. The third kappa shape index (κ3) is 5.62. The van der Waals surface area contributed by atoms with Crippen LogP contribution < -0.4 is 5.32 Å². The van der Waals surface area contributed by atoms with Crippen molar-refractivity contribution in [3.8, 4) is 0 Å². The van der Waals surface area contributed by atoms with E-state index in [0.29, 0.717) is 4.47 Å². The highest BCUT2D eigenvalue weighted by Crippen LogP contribution is 2.24. The van der Waals surface area contributed by atoms with Crippen molar-refractivity contribution >= 4 is 33.6 Å². The molecule has 2 N–H and O–H groups in total. The second kappa shape index (κ2) is 6.79. The van der Waals surface area contributed by atoms with Crippen LogP contribution in [0.15, 0.2) is 22.7 Å². The second-order valence-corrected chi connectivity index (χ2v) is 5.07. The van der Waals surface area contributed by atoms with Crippen molar-refractivity contribution in [3.05, 3.63) is 28.2 Å². The number of amides is 2. The monoisotopic (exact) mass is 368 g/mol. The predicted molar refractivity (Wildman–Crippen MR) is 73.4 cm³/mol. The third-order valence-corrected chi connectivity index (χ3v) is 3.22. The van der Waals surface area contributed by atoms with Crippen molar-refractivity contribution in [3.63, 3.8) is 0 Å². The van der Waals surface area contributed by atoms with Gasteiger partial charge in [-0.05, 0) is 34.1 Å². The number of anilines is 1. The molecule has 0 atom stereocenters. The van der Waals surface area contributed by atoms with Gasteiger partial charge in [0.25, 0.3) is 0 Å². The zero-order valence-corrected chi connectivity index (χ0v) is 12.5. The molecular formula is C12H12BrF3N2O3. The lowest BCUT2D eigenvalue weighted by Crippen LogP contribution is -2.34.